The van der Waals surface area contributed by atoms with Gasteiger partial charge < -0.3 is 4.74 Å². The number of alkyl halides is 2. The molecule has 0 spiro atoms. The Morgan fingerprint density at radius 3 is 2.27 bits per heavy atom. The van der Waals surface area contributed by atoms with Crippen molar-refractivity contribution in [2.75, 3.05) is 10.5 Å². The minimum absolute atomic E-state index is 0.0357. The van der Waals surface area contributed by atoms with Crippen molar-refractivity contribution in [2.24, 2.45) is 0 Å². The zero-order chi connectivity index (χ0) is 19.2. The summed E-state index contributed by atoms with van der Waals surface area (Å²) in [6, 6.07) is 11.9. The number of allylic oxidation sites excluding steroid dienone is 1. The number of hydrogen-bond acceptors (Lipinski definition) is 4. The van der Waals surface area contributed by atoms with Gasteiger partial charge in [0.25, 0.3) is 0 Å². The molecule has 1 N–H and O–H groups in total. The molecule has 0 saturated carbocycles. The number of nitrogens with one attached hydrogen (secondary N) is 1. The molecular formula is C18H17F2NO4S. The van der Waals surface area contributed by atoms with Gasteiger partial charge in [-0.15, -0.1) is 0 Å². The lowest BCUT2D eigenvalue weighted by Gasteiger charge is -2.06. The van der Waals surface area contributed by atoms with Gasteiger partial charge in [0, 0.05) is 11.3 Å². The number of benzene rings is 2. The lowest BCUT2D eigenvalue weighted by Crippen LogP contribution is -2.14. The highest BCUT2D eigenvalue weighted by atomic mass is 32.2. The number of hydrogen-bond donors (Lipinski definition) is 1. The molecule has 2 aromatic carbocycles. The Morgan fingerprint density at radius 2 is 1.73 bits per heavy atom. The van der Waals surface area contributed by atoms with Crippen molar-refractivity contribution in [3.05, 3.63) is 65.7 Å². The number of halogens is 2. The Labute approximate surface area is 150 Å². The number of rotatable bonds is 8. The Balaban J connectivity index is 2.01. The van der Waals surface area contributed by atoms with E-state index in [0.29, 0.717) is 16.8 Å². The van der Waals surface area contributed by atoms with Crippen LogP contribution in [0.25, 0.3) is 6.08 Å². The van der Waals surface area contributed by atoms with Crippen molar-refractivity contribution in [3.8, 4) is 5.75 Å². The van der Waals surface area contributed by atoms with Gasteiger partial charge in [0.1, 0.15) is 5.75 Å². The van der Waals surface area contributed by atoms with Crippen molar-refractivity contribution >= 4 is 27.6 Å². The molecule has 0 amide bonds. The average molecular weight is 381 g/mol. The van der Waals surface area contributed by atoms with E-state index >= 15 is 0 Å². The number of sulfonamides is 1. The fourth-order valence-electron chi connectivity index (χ4n) is 1.98. The second-order valence-electron chi connectivity index (χ2n) is 5.23. The van der Waals surface area contributed by atoms with Crippen molar-refractivity contribution in [3.63, 3.8) is 0 Å². The second kappa shape index (κ2) is 8.57. The third kappa shape index (κ3) is 5.96. The first kappa shape index (κ1) is 19.6. The van der Waals surface area contributed by atoms with Gasteiger partial charge in [-0.2, -0.15) is 8.78 Å². The monoisotopic (exact) mass is 381 g/mol. The molecule has 0 aliphatic heterocycles. The first-order chi connectivity index (χ1) is 12.3. The number of carbonyl (C=O) groups is 1. The van der Waals surface area contributed by atoms with E-state index in [9.17, 15) is 22.0 Å². The maximum atomic E-state index is 12.1. The zero-order valence-electron chi connectivity index (χ0n) is 13.9. The Kier molecular flexibility index (Phi) is 6.46. The molecule has 0 bridgehead atoms. The van der Waals surface area contributed by atoms with Crippen molar-refractivity contribution in [2.45, 2.75) is 13.5 Å². The van der Waals surface area contributed by atoms with E-state index in [4.69, 9.17) is 0 Å². The largest absolute Gasteiger partial charge is 0.435 e. The van der Waals surface area contributed by atoms with Gasteiger partial charge in [-0.1, -0.05) is 18.2 Å². The van der Waals surface area contributed by atoms with E-state index in [1.165, 1.54) is 49.4 Å². The molecule has 2 aromatic rings. The van der Waals surface area contributed by atoms with Crippen LogP contribution in [-0.2, 0) is 10.0 Å². The minimum Gasteiger partial charge on any atom is -0.435 e. The van der Waals surface area contributed by atoms with Gasteiger partial charge in [0.15, 0.2) is 5.78 Å². The fraction of sp³-hybridized carbons (Fsp3) is 0.167. The summed E-state index contributed by atoms with van der Waals surface area (Å²) in [4.78, 5) is 12.1. The Hall–Kier alpha value is -2.74. The van der Waals surface area contributed by atoms with E-state index in [-0.39, 0.29) is 17.3 Å². The van der Waals surface area contributed by atoms with Crippen LogP contribution in [0.15, 0.2) is 54.6 Å². The van der Waals surface area contributed by atoms with Crippen LogP contribution in [0.4, 0.5) is 14.5 Å². The summed E-state index contributed by atoms with van der Waals surface area (Å²) in [5.41, 5.74) is 1.41. The lowest BCUT2D eigenvalue weighted by atomic mass is 10.1. The molecule has 5 nitrogen and oxygen atoms in total. The number of carbonyl (C=O) groups excluding carboxylic acids is 1. The molecule has 0 heterocycles. The second-order valence-corrected chi connectivity index (χ2v) is 7.24. The third-order valence-corrected chi connectivity index (χ3v) is 4.66. The first-order valence-corrected chi connectivity index (χ1v) is 9.32. The molecule has 0 atom stereocenters. The molecule has 2 rings (SSSR count). The quantitative estimate of drug-likeness (QED) is 0.555. The summed E-state index contributed by atoms with van der Waals surface area (Å²) < 4.78 is 53.8. The standard InChI is InChI=1S/C18H17F2NO4S/c1-2-26(23,24)21-15-8-6-14(7-9-15)17(22)12-5-13-3-10-16(11-4-13)25-18(19)20/h3-12,18,21H,2H2,1H3/b12-5+. The smallest absolute Gasteiger partial charge is 0.387 e. The van der Waals surface area contributed by atoms with Crippen molar-refractivity contribution < 1.29 is 26.7 Å². The molecule has 0 radical (unpaired) electrons. The summed E-state index contributed by atoms with van der Waals surface area (Å²) >= 11 is 0. The highest BCUT2D eigenvalue weighted by Gasteiger charge is 2.08. The van der Waals surface area contributed by atoms with Crippen LogP contribution in [0.3, 0.4) is 0 Å². The van der Waals surface area contributed by atoms with Gasteiger partial charge in [-0.3, -0.25) is 9.52 Å². The lowest BCUT2D eigenvalue weighted by molar-refractivity contribution is -0.0498. The molecule has 0 aromatic heterocycles. The normalized spacial score (nSPS) is 11.7. The number of ether oxygens (including phenoxy) is 1. The molecule has 0 aliphatic rings. The maximum absolute atomic E-state index is 12.1. The van der Waals surface area contributed by atoms with E-state index < -0.39 is 16.6 Å². The highest BCUT2D eigenvalue weighted by Crippen LogP contribution is 2.16. The molecule has 0 unspecified atom stereocenters. The molecule has 8 heteroatoms. The van der Waals surface area contributed by atoms with Crippen LogP contribution in [0.5, 0.6) is 5.75 Å². The summed E-state index contributed by atoms with van der Waals surface area (Å²) in [7, 11) is -3.37. The predicted octanol–water partition coefficient (Wildman–Crippen LogP) is 3.95. The SMILES string of the molecule is CCS(=O)(=O)Nc1ccc(C(=O)/C=C/c2ccc(OC(F)F)cc2)cc1. The molecule has 0 aliphatic carbocycles. The molecule has 0 fully saturated rings. The number of anilines is 1. The molecule has 138 valence electrons. The van der Waals surface area contributed by atoms with E-state index in [0.717, 1.165) is 0 Å². The van der Waals surface area contributed by atoms with Gasteiger partial charge in [0.05, 0.1) is 5.75 Å². The fourth-order valence-corrected chi connectivity index (χ4v) is 2.62. The highest BCUT2D eigenvalue weighted by molar-refractivity contribution is 7.92. The predicted molar refractivity (Wildman–Crippen MR) is 96.0 cm³/mol. The average Bonchev–Trinajstić information content (AvgIpc) is 2.61. The van der Waals surface area contributed by atoms with Gasteiger partial charge in [-0.05, 0) is 55.0 Å². The van der Waals surface area contributed by atoms with Crippen LogP contribution < -0.4 is 9.46 Å². The summed E-state index contributed by atoms with van der Waals surface area (Å²) in [6.07, 6.45) is 2.89. The molecular weight excluding hydrogens is 364 g/mol. The van der Waals surface area contributed by atoms with Crippen LogP contribution in [0.2, 0.25) is 0 Å². The summed E-state index contributed by atoms with van der Waals surface area (Å²) in [5.74, 6) is -0.284. The summed E-state index contributed by atoms with van der Waals surface area (Å²) in [6.45, 7) is -1.36. The van der Waals surface area contributed by atoms with Crippen LogP contribution in [0, 0.1) is 0 Å². The van der Waals surface area contributed by atoms with Gasteiger partial charge >= 0.3 is 6.61 Å². The maximum Gasteiger partial charge on any atom is 0.387 e. The first-order valence-electron chi connectivity index (χ1n) is 7.67. The van der Waals surface area contributed by atoms with Crippen molar-refractivity contribution in [1.29, 1.82) is 0 Å². The summed E-state index contributed by atoms with van der Waals surface area (Å²) in [5, 5.41) is 0. The van der Waals surface area contributed by atoms with Gasteiger partial charge in [-0.25, -0.2) is 8.42 Å². The van der Waals surface area contributed by atoms with Crippen LogP contribution >= 0.6 is 0 Å². The molecule has 26 heavy (non-hydrogen) atoms. The third-order valence-electron chi connectivity index (χ3n) is 3.36. The topological polar surface area (TPSA) is 72.5 Å². The van der Waals surface area contributed by atoms with E-state index in [2.05, 4.69) is 9.46 Å². The minimum atomic E-state index is -3.37. The van der Waals surface area contributed by atoms with Crippen LogP contribution in [0.1, 0.15) is 22.8 Å². The van der Waals surface area contributed by atoms with Gasteiger partial charge in [0.2, 0.25) is 10.0 Å². The van der Waals surface area contributed by atoms with Crippen molar-refractivity contribution in [1.82, 2.24) is 0 Å². The molecule has 0 saturated heterocycles. The van der Waals surface area contributed by atoms with Crippen LogP contribution in [-0.4, -0.2) is 26.6 Å². The number of ketones is 1. The Morgan fingerprint density at radius 1 is 1.12 bits per heavy atom. The zero-order valence-corrected chi connectivity index (χ0v) is 14.7. The van der Waals surface area contributed by atoms with E-state index in [1.54, 1.807) is 18.2 Å². The van der Waals surface area contributed by atoms with E-state index in [1.807, 2.05) is 0 Å². The Bertz CT molecular complexity index is 876.